The molecule has 2 aromatic rings. The Morgan fingerprint density at radius 1 is 1.44 bits per heavy atom. The monoisotopic (exact) mass is 342 g/mol. The number of thioether (sulfide) groups is 1. The Bertz CT molecular complexity index is 539. The van der Waals surface area contributed by atoms with Crippen molar-refractivity contribution in [3.8, 4) is 0 Å². The van der Waals surface area contributed by atoms with E-state index >= 15 is 0 Å². The second-order valence-electron chi connectivity index (χ2n) is 3.54. The first-order valence-electron chi connectivity index (χ1n) is 5.19. The summed E-state index contributed by atoms with van der Waals surface area (Å²) in [5.41, 5.74) is 1.62. The number of anilines is 1. The van der Waals surface area contributed by atoms with Gasteiger partial charge in [0.25, 0.3) is 5.91 Å². The molecule has 2 rings (SSSR count). The zero-order chi connectivity index (χ0) is 13.0. The van der Waals surface area contributed by atoms with Gasteiger partial charge in [0.15, 0.2) is 5.13 Å². The van der Waals surface area contributed by atoms with Crippen LogP contribution in [-0.4, -0.2) is 17.1 Å². The number of rotatable bonds is 4. The second-order valence-corrected chi connectivity index (χ2v) is 6.18. The van der Waals surface area contributed by atoms with E-state index in [-0.39, 0.29) is 5.91 Å². The summed E-state index contributed by atoms with van der Waals surface area (Å²) in [4.78, 5) is 16.3. The SMILES string of the molecule is CSCc1csc(NC(=O)c2ccc(Br)cc2)n1. The predicted octanol–water partition coefficient (Wildman–Crippen LogP) is 4.02. The summed E-state index contributed by atoms with van der Waals surface area (Å²) < 4.78 is 0.954. The Balaban J connectivity index is 2.04. The molecule has 0 unspecified atom stereocenters. The van der Waals surface area contributed by atoms with Crippen molar-refractivity contribution in [3.63, 3.8) is 0 Å². The fourth-order valence-corrected chi connectivity index (χ4v) is 2.87. The fourth-order valence-electron chi connectivity index (χ4n) is 1.35. The number of carbonyl (C=O) groups excluding carboxylic acids is 1. The normalized spacial score (nSPS) is 10.3. The van der Waals surface area contributed by atoms with Crippen molar-refractivity contribution in [2.45, 2.75) is 5.75 Å². The number of nitrogens with zero attached hydrogens (tertiary/aromatic N) is 1. The maximum Gasteiger partial charge on any atom is 0.257 e. The van der Waals surface area contributed by atoms with Crippen LogP contribution in [0.4, 0.5) is 5.13 Å². The van der Waals surface area contributed by atoms with E-state index in [1.807, 2.05) is 23.8 Å². The lowest BCUT2D eigenvalue weighted by molar-refractivity contribution is 0.102. The zero-order valence-electron chi connectivity index (χ0n) is 9.64. The lowest BCUT2D eigenvalue weighted by Crippen LogP contribution is -2.11. The van der Waals surface area contributed by atoms with E-state index in [9.17, 15) is 4.79 Å². The fraction of sp³-hybridized carbons (Fsp3) is 0.167. The molecule has 3 nitrogen and oxygen atoms in total. The molecule has 0 spiro atoms. The van der Waals surface area contributed by atoms with Crippen molar-refractivity contribution in [1.29, 1.82) is 0 Å². The molecule has 1 N–H and O–H groups in total. The highest BCUT2D eigenvalue weighted by Crippen LogP contribution is 2.19. The number of amides is 1. The molecule has 0 radical (unpaired) electrons. The van der Waals surface area contributed by atoms with Gasteiger partial charge in [-0.15, -0.1) is 11.3 Å². The van der Waals surface area contributed by atoms with Crippen LogP contribution in [0.2, 0.25) is 0 Å². The van der Waals surface area contributed by atoms with Gasteiger partial charge in [0.2, 0.25) is 0 Å². The topological polar surface area (TPSA) is 42.0 Å². The van der Waals surface area contributed by atoms with Crippen LogP contribution in [-0.2, 0) is 5.75 Å². The second kappa shape index (κ2) is 6.36. The van der Waals surface area contributed by atoms with Gasteiger partial charge in [0.1, 0.15) is 0 Å². The molecule has 0 bridgehead atoms. The number of nitrogens with one attached hydrogen (secondary N) is 1. The van der Waals surface area contributed by atoms with E-state index in [0.717, 1.165) is 15.9 Å². The number of carbonyl (C=O) groups is 1. The summed E-state index contributed by atoms with van der Waals surface area (Å²) >= 11 is 6.50. The number of halogens is 1. The molecule has 0 atom stereocenters. The molecule has 18 heavy (non-hydrogen) atoms. The highest BCUT2D eigenvalue weighted by molar-refractivity contribution is 9.10. The summed E-state index contributed by atoms with van der Waals surface area (Å²) in [6.07, 6.45) is 2.03. The smallest absolute Gasteiger partial charge is 0.257 e. The Kier molecular flexibility index (Phi) is 4.79. The van der Waals surface area contributed by atoms with Gasteiger partial charge in [-0.25, -0.2) is 4.98 Å². The van der Waals surface area contributed by atoms with Crippen LogP contribution in [0.3, 0.4) is 0 Å². The molecule has 6 heteroatoms. The van der Waals surface area contributed by atoms with E-state index in [1.165, 1.54) is 11.3 Å². The molecule has 1 aromatic heterocycles. The largest absolute Gasteiger partial charge is 0.298 e. The van der Waals surface area contributed by atoms with E-state index in [2.05, 4.69) is 26.2 Å². The lowest BCUT2D eigenvalue weighted by atomic mass is 10.2. The third kappa shape index (κ3) is 3.57. The summed E-state index contributed by atoms with van der Waals surface area (Å²) in [5, 5.41) is 5.41. The van der Waals surface area contributed by atoms with E-state index in [4.69, 9.17) is 0 Å². The quantitative estimate of drug-likeness (QED) is 0.912. The molecule has 0 fully saturated rings. The number of benzene rings is 1. The number of thiazole rings is 1. The molecule has 94 valence electrons. The van der Waals surface area contributed by atoms with Crippen molar-refractivity contribution < 1.29 is 4.79 Å². The van der Waals surface area contributed by atoms with Gasteiger partial charge < -0.3 is 0 Å². The first kappa shape index (κ1) is 13.6. The molecule has 0 aliphatic rings. The minimum atomic E-state index is -0.132. The maximum atomic E-state index is 11.9. The molecule has 1 amide bonds. The zero-order valence-corrected chi connectivity index (χ0v) is 12.9. The van der Waals surface area contributed by atoms with Crippen LogP contribution in [0.5, 0.6) is 0 Å². The van der Waals surface area contributed by atoms with Gasteiger partial charge in [-0.05, 0) is 30.5 Å². The molecule has 1 aromatic carbocycles. The molecule has 0 aliphatic heterocycles. The summed E-state index contributed by atoms with van der Waals surface area (Å²) in [7, 11) is 0. The third-order valence-corrected chi connectivity index (χ3v) is 4.09. The minimum absolute atomic E-state index is 0.132. The van der Waals surface area contributed by atoms with Crippen LogP contribution in [0, 0.1) is 0 Å². The van der Waals surface area contributed by atoms with Crippen molar-refractivity contribution in [1.82, 2.24) is 4.98 Å². The molecular formula is C12H11BrN2OS2. The third-order valence-electron chi connectivity index (χ3n) is 2.17. The molecule has 0 aliphatic carbocycles. The molecule has 0 saturated carbocycles. The molecule has 0 saturated heterocycles. The molecular weight excluding hydrogens is 332 g/mol. The first-order valence-corrected chi connectivity index (χ1v) is 8.26. The highest BCUT2D eigenvalue weighted by atomic mass is 79.9. The van der Waals surface area contributed by atoms with Crippen molar-refractivity contribution in [2.75, 3.05) is 11.6 Å². The van der Waals surface area contributed by atoms with Gasteiger partial charge in [0, 0.05) is 21.2 Å². The van der Waals surface area contributed by atoms with Crippen LogP contribution < -0.4 is 5.32 Å². The minimum Gasteiger partial charge on any atom is -0.298 e. The van der Waals surface area contributed by atoms with Gasteiger partial charge in [-0.1, -0.05) is 15.9 Å². The van der Waals surface area contributed by atoms with Crippen LogP contribution >= 0.6 is 39.0 Å². The average molecular weight is 343 g/mol. The van der Waals surface area contributed by atoms with Crippen molar-refractivity contribution in [3.05, 3.63) is 45.4 Å². The number of hydrogen-bond acceptors (Lipinski definition) is 4. The van der Waals surface area contributed by atoms with Gasteiger partial charge in [0.05, 0.1) is 5.69 Å². The van der Waals surface area contributed by atoms with Crippen LogP contribution in [0.15, 0.2) is 34.1 Å². The predicted molar refractivity (Wildman–Crippen MR) is 81.4 cm³/mol. The van der Waals surface area contributed by atoms with Crippen LogP contribution in [0.25, 0.3) is 0 Å². The van der Waals surface area contributed by atoms with E-state index < -0.39 is 0 Å². The first-order chi connectivity index (χ1) is 8.69. The van der Waals surface area contributed by atoms with Gasteiger partial charge in [-0.2, -0.15) is 11.8 Å². The average Bonchev–Trinajstić information content (AvgIpc) is 2.78. The lowest BCUT2D eigenvalue weighted by Gasteiger charge is -2.01. The van der Waals surface area contributed by atoms with Crippen LogP contribution in [0.1, 0.15) is 16.1 Å². The Morgan fingerprint density at radius 3 is 2.83 bits per heavy atom. The molecule has 1 heterocycles. The van der Waals surface area contributed by atoms with Crippen molar-refractivity contribution in [2.24, 2.45) is 0 Å². The van der Waals surface area contributed by atoms with E-state index in [0.29, 0.717) is 10.7 Å². The van der Waals surface area contributed by atoms with Crippen molar-refractivity contribution >= 4 is 50.1 Å². The Hall–Kier alpha value is -0.850. The standard InChI is InChI=1S/C12H11BrN2OS2/c1-17-6-10-7-18-12(14-10)15-11(16)8-2-4-9(13)5-3-8/h2-5,7H,6H2,1H3,(H,14,15,16). The maximum absolute atomic E-state index is 11.9. The van der Waals surface area contributed by atoms with E-state index in [1.54, 1.807) is 23.9 Å². The highest BCUT2D eigenvalue weighted by Gasteiger charge is 2.08. The number of hydrogen-bond donors (Lipinski definition) is 1. The van der Waals surface area contributed by atoms with Gasteiger partial charge in [-0.3, -0.25) is 10.1 Å². The summed E-state index contributed by atoms with van der Waals surface area (Å²) in [6.45, 7) is 0. The Labute approximate surface area is 122 Å². The summed E-state index contributed by atoms with van der Waals surface area (Å²) in [5.74, 6) is 0.734. The van der Waals surface area contributed by atoms with Gasteiger partial charge >= 0.3 is 0 Å². The number of aromatic nitrogens is 1. The Morgan fingerprint density at radius 2 is 2.17 bits per heavy atom. The summed E-state index contributed by atoms with van der Waals surface area (Å²) in [6, 6.07) is 7.23.